The summed E-state index contributed by atoms with van der Waals surface area (Å²) in [4.78, 5) is 2.23. The van der Waals surface area contributed by atoms with Crippen LogP contribution in [0.4, 0.5) is 5.69 Å². The van der Waals surface area contributed by atoms with Crippen molar-refractivity contribution in [2.45, 2.75) is 12.3 Å². The highest BCUT2D eigenvalue weighted by Crippen LogP contribution is 2.35. The molecule has 3 nitrogen and oxygen atoms in total. The molecule has 1 unspecified atom stereocenters. The molecular formula is C13H22N2O. The normalized spacial score (nSPS) is 18.4. The lowest BCUT2D eigenvalue weighted by Gasteiger charge is -2.14. The molecule has 1 atom stereocenters. The monoisotopic (exact) mass is 222 g/mol. The molecule has 1 aliphatic rings. The molecule has 1 aromatic rings. The molecule has 0 amide bonds. The van der Waals surface area contributed by atoms with E-state index >= 15 is 0 Å². The second kappa shape index (κ2) is 4.74. The Hall–Kier alpha value is -1.22. The quantitative estimate of drug-likeness (QED) is 0.846. The van der Waals surface area contributed by atoms with E-state index in [-0.39, 0.29) is 1.43 Å². The van der Waals surface area contributed by atoms with Gasteiger partial charge in [-0.1, -0.05) is 0 Å². The summed E-state index contributed by atoms with van der Waals surface area (Å²) in [5.74, 6) is 1.57. The Balaban J connectivity index is 0.00000144. The molecule has 0 radical (unpaired) electrons. The van der Waals surface area contributed by atoms with Gasteiger partial charge in [-0.25, -0.2) is 0 Å². The van der Waals surface area contributed by atoms with Gasteiger partial charge in [-0.2, -0.15) is 0 Å². The van der Waals surface area contributed by atoms with Gasteiger partial charge in [-0.05, 0) is 50.8 Å². The second-order valence-electron chi connectivity index (χ2n) is 4.62. The predicted molar refractivity (Wildman–Crippen MR) is 69.5 cm³/mol. The van der Waals surface area contributed by atoms with Crippen LogP contribution in [0.25, 0.3) is 0 Å². The van der Waals surface area contributed by atoms with E-state index in [4.69, 9.17) is 4.74 Å². The van der Waals surface area contributed by atoms with E-state index in [1.165, 1.54) is 17.7 Å². The van der Waals surface area contributed by atoms with E-state index < -0.39 is 0 Å². The summed E-state index contributed by atoms with van der Waals surface area (Å²) >= 11 is 0. The minimum absolute atomic E-state index is 0. The Labute approximate surface area is 98.9 Å². The number of methoxy groups -OCH3 is 1. The van der Waals surface area contributed by atoms with Crippen LogP contribution in [-0.4, -0.2) is 39.2 Å². The van der Waals surface area contributed by atoms with Crippen molar-refractivity contribution in [3.8, 4) is 5.75 Å². The van der Waals surface area contributed by atoms with Gasteiger partial charge in [-0.3, -0.25) is 0 Å². The second-order valence-corrected chi connectivity index (χ2v) is 4.62. The van der Waals surface area contributed by atoms with Crippen molar-refractivity contribution in [3.05, 3.63) is 23.8 Å². The van der Waals surface area contributed by atoms with Gasteiger partial charge < -0.3 is 15.0 Å². The molecule has 3 heteroatoms. The number of hydrogen-bond acceptors (Lipinski definition) is 3. The van der Waals surface area contributed by atoms with Gasteiger partial charge in [0.2, 0.25) is 0 Å². The van der Waals surface area contributed by atoms with Crippen LogP contribution in [0.15, 0.2) is 18.2 Å². The zero-order valence-electron chi connectivity index (χ0n) is 10.3. The van der Waals surface area contributed by atoms with Gasteiger partial charge in [-0.15, -0.1) is 0 Å². The zero-order valence-corrected chi connectivity index (χ0v) is 10.3. The number of rotatable bonds is 4. The lowest BCUT2D eigenvalue weighted by atomic mass is 9.97. The fourth-order valence-electron chi connectivity index (χ4n) is 2.18. The molecule has 2 rings (SSSR count). The van der Waals surface area contributed by atoms with Crippen LogP contribution in [0, 0.1) is 0 Å². The molecule has 0 aromatic heterocycles. The van der Waals surface area contributed by atoms with Gasteiger partial charge in [0.05, 0.1) is 7.11 Å². The Kier molecular flexibility index (Phi) is 3.34. The van der Waals surface area contributed by atoms with E-state index in [0.717, 1.165) is 18.8 Å². The van der Waals surface area contributed by atoms with Crippen molar-refractivity contribution in [3.63, 3.8) is 0 Å². The summed E-state index contributed by atoms with van der Waals surface area (Å²) in [6.07, 6.45) is 1.19. The van der Waals surface area contributed by atoms with Gasteiger partial charge in [0.15, 0.2) is 0 Å². The average Bonchev–Trinajstić information content (AvgIpc) is 2.68. The standard InChI is InChI=1S/C13H20N2O.H2/c1-15(2)7-6-10-9-14-13-5-4-11(16-3)8-12(10)13;/h4-5,8,10,14H,6-7,9H2,1-3H3;1H. The van der Waals surface area contributed by atoms with Crippen molar-refractivity contribution in [1.29, 1.82) is 0 Å². The first kappa shape index (κ1) is 11.3. The van der Waals surface area contributed by atoms with E-state index in [2.05, 4.69) is 36.4 Å². The van der Waals surface area contributed by atoms with Crippen LogP contribution in [0.1, 0.15) is 19.3 Å². The lowest BCUT2D eigenvalue weighted by molar-refractivity contribution is 0.385. The maximum atomic E-state index is 5.28. The number of nitrogens with one attached hydrogen (secondary N) is 1. The Bertz CT molecular complexity index is 368. The third-order valence-corrected chi connectivity index (χ3v) is 3.16. The van der Waals surface area contributed by atoms with E-state index in [1.807, 2.05) is 6.07 Å². The third-order valence-electron chi connectivity index (χ3n) is 3.16. The molecular weight excluding hydrogens is 200 g/mol. The predicted octanol–water partition coefficient (Wildman–Crippen LogP) is 2.40. The van der Waals surface area contributed by atoms with E-state index in [1.54, 1.807) is 7.11 Å². The smallest absolute Gasteiger partial charge is 0.119 e. The van der Waals surface area contributed by atoms with Crippen molar-refractivity contribution >= 4 is 5.69 Å². The van der Waals surface area contributed by atoms with Crippen molar-refractivity contribution in [1.82, 2.24) is 4.90 Å². The Morgan fingerprint density at radius 2 is 2.31 bits per heavy atom. The first-order valence-corrected chi connectivity index (χ1v) is 5.77. The van der Waals surface area contributed by atoms with E-state index in [0.29, 0.717) is 5.92 Å². The minimum Gasteiger partial charge on any atom is -0.497 e. The molecule has 0 aliphatic carbocycles. The average molecular weight is 222 g/mol. The highest BCUT2D eigenvalue weighted by atomic mass is 16.5. The summed E-state index contributed by atoms with van der Waals surface area (Å²) in [7, 11) is 5.96. The third kappa shape index (κ3) is 2.30. The van der Waals surface area contributed by atoms with Gasteiger partial charge in [0.1, 0.15) is 5.75 Å². The molecule has 1 heterocycles. The Morgan fingerprint density at radius 3 is 3.00 bits per heavy atom. The fraction of sp³-hybridized carbons (Fsp3) is 0.538. The largest absolute Gasteiger partial charge is 0.497 e. The number of benzene rings is 1. The molecule has 90 valence electrons. The van der Waals surface area contributed by atoms with Crippen LogP contribution in [0.2, 0.25) is 0 Å². The molecule has 1 aliphatic heterocycles. The number of anilines is 1. The Morgan fingerprint density at radius 1 is 1.50 bits per heavy atom. The molecule has 1 N–H and O–H groups in total. The molecule has 1 aromatic carbocycles. The van der Waals surface area contributed by atoms with Crippen LogP contribution >= 0.6 is 0 Å². The summed E-state index contributed by atoms with van der Waals surface area (Å²) in [5.41, 5.74) is 2.67. The van der Waals surface area contributed by atoms with E-state index in [9.17, 15) is 0 Å². The SMILES string of the molecule is COc1ccc2c(c1)C(CCN(C)C)CN2.[HH]. The van der Waals surface area contributed by atoms with Gasteiger partial charge in [0, 0.05) is 19.6 Å². The molecule has 16 heavy (non-hydrogen) atoms. The summed E-state index contributed by atoms with van der Waals surface area (Å²) < 4.78 is 5.28. The van der Waals surface area contributed by atoms with Crippen LogP contribution in [-0.2, 0) is 0 Å². The maximum absolute atomic E-state index is 5.28. The van der Waals surface area contributed by atoms with Crippen LogP contribution in [0.3, 0.4) is 0 Å². The van der Waals surface area contributed by atoms with Crippen LogP contribution < -0.4 is 10.1 Å². The fourth-order valence-corrected chi connectivity index (χ4v) is 2.18. The maximum Gasteiger partial charge on any atom is 0.119 e. The van der Waals surface area contributed by atoms with Gasteiger partial charge in [0.25, 0.3) is 0 Å². The molecule has 0 spiro atoms. The highest BCUT2D eigenvalue weighted by molar-refractivity contribution is 5.60. The van der Waals surface area contributed by atoms with Gasteiger partial charge >= 0.3 is 0 Å². The first-order chi connectivity index (χ1) is 7.70. The molecule has 0 saturated carbocycles. The number of fused-ring (bicyclic) bond motifs is 1. The highest BCUT2D eigenvalue weighted by Gasteiger charge is 2.22. The zero-order chi connectivity index (χ0) is 11.5. The number of nitrogens with zero attached hydrogens (tertiary/aromatic N) is 1. The van der Waals surface area contributed by atoms with Crippen molar-refractivity contribution < 1.29 is 6.16 Å². The summed E-state index contributed by atoms with van der Waals surface area (Å²) in [6.45, 7) is 2.18. The van der Waals surface area contributed by atoms with Crippen molar-refractivity contribution in [2.24, 2.45) is 0 Å². The lowest BCUT2D eigenvalue weighted by Crippen LogP contribution is -2.16. The first-order valence-electron chi connectivity index (χ1n) is 5.77. The van der Waals surface area contributed by atoms with Crippen LogP contribution in [0.5, 0.6) is 5.75 Å². The van der Waals surface area contributed by atoms with Crippen molar-refractivity contribution in [2.75, 3.05) is 39.6 Å². The summed E-state index contributed by atoms with van der Waals surface area (Å²) in [6, 6.07) is 6.29. The molecule has 0 bridgehead atoms. The minimum atomic E-state index is 0. The summed E-state index contributed by atoms with van der Waals surface area (Å²) in [5, 5.41) is 3.45. The number of hydrogen-bond donors (Lipinski definition) is 1. The number of ether oxygens (including phenoxy) is 1. The molecule has 0 fully saturated rings. The topological polar surface area (TPSA) is 24.5 Å². The molecule has 0 saturated heterocycles.